The van der Waals surface area contributed by atoms with Crippen LogP contribution < -0.4 is 11.1 Å². The highest BCUT2D eigenvalue weighted by molar-refractivity contribution is 8.05. The van der Waals surface area contributed by atoms with Gasteiger partial charge in [0.2, 0.25) is 12.9 Å². The van der Waals surface area contributed by atoms with Crippen LogP contribution in [-0.4, -0.2) is 88.7 Å². The lowest BCUT2D eigenvalue weighted by Gasteiger charge is -2.49. The topological polar surface area (TPSA) is 189 Å². The van der Waals surface area contributed by atoms with E-state index < -0.39 is 54.0 Å². The Balaban J connectivity index is 1.75. The zero-order chi connectivity index (χ0) is 28.0. The van der Waals surface area contributed by atoms with Crippen molar-refractivity contribution in [2.24, 2.45) is 5.16 Å². The molecule has 1 aromatic rings. The third-order valence-electron chi connectivity index (χ3n) is 5.06. The molecule has 38 heavy (non-hydrogen) atoms. The standard InChI is InChI=1S/C21H25N5O9S3/c1-5-12(27)34-9(2)35-20(31)16-11(36-4)8-37-19-15(18(30)26(16)19)24-17(29)14(10-7-38-21(22)23-10)25-33-6-13(28)32-3/h7,9,15,19H,5-6,8H2,1-4H3,(H2,22,23)(H,24,29)/t9?,15?,19-/m0/s1. The number of carbonyl (C=O) groups is 5. The lowest BCUT2D eigenvalue weighted by Crippen LogP contribution is -2.71. The summed E-state index contributed by atoms with van der Waals surface area (Å²) < 4.78 is 14.7. The van der Waals surface area contributed by atoms with Crippen molar-refractivity contribution in [3.8, 4) is 0 Å². The van der Waals surface area contributed by atoms with Crippen molar-refractivity contribution in [1.29, 1.82) is 0 Å². The minimum absolute atomic E-state index is 0.0266. The van der Waals surface area contributed by atoms with Gasteiger partial charge in [-0.2, -0.15) is 0 Å². The van der Waals surface area contributed by atoms with E-state index in [9.17, 15) is 24.0 Å². The quantitative estimate of drug-likeness (QED) is 0.119. The molecule has 3 heterocycles. The lowest BCUT2D eigenvalue weighted by atomic mass is 10.0. The number of β-lactam (4-membered cyclic amide) rings is 1. The number of nitrogen functional groups attached to an aromatic ring is 1. The second kappa shape index (κ2) is 13.0. The zero-order valence-electron chi connectivity index (χ0n) is 20.7. The Morgan fingerprint density at radius 1 is 1.32 bits per heavy atom. The summed E-state index contributed by atoms with van der Waals surface area (Å²) in [5, 5.41) is 7.30. The molecule has 1 aromatic heterocycles. The van der Waals surface area contributed by atoms with Crippen LogP contribution in [-0.2, 0) is 43.0 Å². The van der Waals surface area contributed by atoms with E-state index in [4.69, 9.17) is 20.0 Å². The van der Waals surface area contributed by atoms with Crippen molar-refractivity contribution in [3.05, 3.63) is 21.7 Å². The second-order valence-corrected chi connectivity index (χ2v) is 10.4. The number of thiazole rings is 1. The molecular weight excluding hydrogens is 562 g/mol. The first-order valence-corrected chi connectivity index (χ1v) is 14.2. The van der Waals surface area contributed by atoms with Crippen LogP contribution in [0.15, 0.2) is 21.1 Å². The normalized spacial score (nSPS) is 19.6. The molecule has 3 atom stereocenters. The van der Waals surface area contributed by atoms with Crippen molar-refractivity contribution in [1.82, 2.24) is 15.2 Å². The number of nitrogens with zero attached hydrogens (tertiary/aromatic N) is 3. The SMILES string of the molecule is CCC(=O)OC(C)OC(=O)C1=C(SC)CS[C@H]2C(NC(=O)C(=NOCC(=O)OC)c3csc(N)n3)C(=O)N12. The largest absolute Gasteiger partial charge is 0.466 e. The van der Waals surface area contributed by atoms with E-state index in [0.29, 0.717) is 10.7 Å². The highest BCUT2D eigenvalue weighted by Gasteiger charge is 2.55. The first-order chi connectivity index (χ1) is 18.1. The second-order valence-electron chi connectivity index (χ2n) is 7.51. The van der Waals surface area contributed by atoms with Gasteiger partial charge in [-0.25, -0.2) is 14.6 Å². The minimum Gasteiger partial charge on any atom is -0.466 e. The number of esters is 3. The summed E-state index contributed by atoms with van der Waals surface area (Å²) in [5.41, 5.74) is 5.47. The fourth-order valence-electron chi connectivity index (χ4n) is 3.25. The highest BCUT2D eigenvalue weighted by atomic mass is 32.2. The summed E-state index contributed by atoms with van der Waals surface area (Å²) in [6, 6.07) is -1.00. The number of methoxy groups -OCH3 is 1. The Morgan fingerprint density at radius 3 is 2.66 bits per heavy atom. The number of oxime groups is 1. The maximum Gasteiger partial charge on any atom is 0.359 e. The zero-order valence-corrected chi connectivity index (χ0v) is 23.2. The summed E-state index contributed by atoms with van der Waals surface area (Å²) in [7, 11) is 1.17. The molecule has 0 aliphatic carbocycles. The van der Waals surface area contributed by atoms with Crippen molar-refractivity contribution < 1.29 is 43.0 Å². The Kier molecular flexibility index (Phi) is 9.98. The number of thioether (sulfide) groups is 2. The Labute approximate surface area is 229 Å². The monoisotopic (exact) mass is 587 g/mol. The molecule has 0 spiro atoms. The predicted molar refractivity (Wildman–Crippen MR) is 139 cm³/mol. The van der Waals surface area contributed by atoms with Gasteiger partial charge in [0.25, 0.3) is 11.8 Å². The molecule has 0 bridgehead atoms. The van der Waals surface area contributed by atoms with E-state index >= 15 is 0 Å². The van der Waals surface area contributed by atoms with Crippen LogP contribution in [0.4, 0.5) is 5.13 Å². The first-order valence-electron chi connectivity index (χ1n) is 11.0. The number of ether oxygens (including phenoxy) is 3. The van der Waals surface area contributed by atoms with Gasteiger partial charge in [-0.3, -0.25) is 19.3 Å². The first kappa shape index (κ1) is 29.2. The predicted octanol–water partition coefficient (Wildman–Crippen LogP) is 0.436. The fourth-order valence-corrected chi connectivity index (χ4v) is 6.05. The number of hydrogen-bond donors (Lipinski definition) is 2. The molecule has 14 nitrogen and oxygen atoms in total. The summed E-state index contributed by atoms with van der Waals surface area (Å²) in [6.45, 7) is 2.45. The number of rotatable bonds is 11. The molecule has 0 aromatic carbocycles. The molecule has 2 aliphatic heterocycles. The van der Waals surface area contributed by atoms with Crippen molar-refractivity contribution >= 4 is 75.4 Å². The van der Waals surface area contributed by atoms with Gasteiger partial charge in [0.15, 0.2) is 10.8 Å². The third-order valence-corrected chi connectivity index (χ3v) is 8.03. The van der Waals surface area contributed by atoms with Gasteiger partial charge in [0.1, 0.15) is 22.8 Å². The Hall–Kier alpha value is -3.31. The van der Waals surface area contributed by atoms with E-state index in [0.717, 1.165) is 11.3 Å². The third kappa shape index (κ3) is 6.57. The van der Waals surface area contributed by atoms with E-state index in [2.05, 4.69) is 20.2 Å². The number of fused-ring (bicyclic) bond motifs is 1. The number of hydrogen-bond acceptors (Lipinski definition) is 15. The maximum atomic E-state index is 13.1. The Morgan fingerprint density at radius 2 is 2.05 bits per heavy atom. The number of carbonyl (C=O) groups excluding carboxylic acids is 5. The Bertz CT molecular complexity index is 1180. The van der Waals surface area contributed by atoms with Crippen molar-refractivity contribution in [3.63, 3.8) is 0 Å². The average molecular weight is 588 g/mol. The van der Waals surface area contributed by atoms with Gasteiger partial charge in [0, 0.05) is 29.4 Å². The number of anilines is 1. The van der Waals surface area contributed by atoms with Crippen LogP contribution in [0.5, 0.6) is 0 Å². The van der Waals surface area contributed by atoms with Gasteiger partial charge in [-0.05, 0) is 6.26 Å². The van der Waals surface area contributed by atoms with Crippen molar-refractivity contribution in [2.45, 2.75) is 38.0 Å². The fraction of sp³-hybridized carbons (Fsp3) is 0.476. The molecule has 1 fully saturated rings. The van der Waals surface area contributed by atoms with Gasteiger partial charge in [-0.15, -0.1) is 34.9 Å². The van der Waals surface area contributed by atoms with Gasteiger partial charge >= 0.3 is 17.9 Å². The summed E-state index contributed by atoms with van der Waals surface area (Å²) in [4.78, 5) is 72.8. The van der Waals surface area contributed by atoms with Gasteiger partial charge in [-0.1, -0.05) is 12.1 Å². The van der Waals surface area contributed by atoms with Crippen LogP contribution in [0.3, 0.4) is 0 Å². The molecule has 3 rings (SSSR count). The minimum atomic E-state index is -1.15. The number of amides is 2. The van der Waals surface area contributed by atoms with Crippen LogP contribution >= 0.6 is 34.9 Å². The summed E-state index contributed by atoms with van der Waals surface area (Å²) >= 11 is 3.68. The highest BCUT2D eigenvalue weighted by Crippen LogP contribution is 2.43. The number of nitrogens with two attached hydrogens (primary N) is 1. The molecule has 0 saturated carbocycles. The van der Waals surface area contributed by atoms with Crippen LogP contribution in [0.1, 0.15) is 26.0 Å². The molecular formula is C21H25N5O9S3. The van der Waals surface area contributed by atoms with Crippen LogP contribution in [0.2, 0.25) is 0 Å². The molecule has 2 amide bonds. The molecule has 1 saturated heterocycles. The van der Waals surface area contributed by atoms with E-state index in [1.165, 1.54) is 47.8 Å². The molecule has 2 unspecified atom stereocenters. The smallest absolute Gasteiger partial charge is 0.359 e. The summed E-state index contributed by atoms with van der Waals surface area (Å²) in [6.07, 6.45) is 0.710. The van der Waals surface area contributed by atoms with Crippen molar-refractivity contribution in [2.75, 3.05) is 31.5 Å². The summed E-state index contributed by atoms with van der Waals surface area (Å²) in [5.74, 6) is -3.07. The van der Waals surface area contributed by atoms with E-state index in [1.807, 2.05) is 0 Å². The van der Waals surface area contributed by atoms with Gasteiger partial charge < -0.3 is 30.1 Å². The van der Waals surface area contributed by atoms with E-state index in [-0.39, 0.29) is 28.7 Å². The van der Waals surface area contributed by atoms with Crippen LogP contribution in [0, 0.1) is 0 Å². The maximum absolute atomic E-state index is 13.1. The average Bonchev–Trinajstić information content (AvgIpc) is 3.33. The van der Waals surface area contributed by atoms with Crippen LogP contribution in [0.25, 0.3) is 0 Å². The van der Waals surface area contributed by atoms with E-state index in [1.54, 1.807) is 13.2 Å². The van der Waals surface area contributed by atoms with Gasteiger partial charge in [0.05, 0.1) is 7.11 Å². The molecule has 0 radical (unpaired) electrons. The molecule has 2 aliphatic rings. The lowest BCUT2D eigenvalue weighted by molar-refractivity contribution is -0.184. The molecule has 3 N–H and O–H groups in total. The number of aromatic nitrogens is 1. The molecule has 206 valence electrons. The number of nitrogens with one attached hydrogen (secondary N) is 1. The molecule has 17 heteroatoms.